The molecule has 0 saturated heterocycles. The van der Waals surface area contributed by atoms with Gasteiger partial charge >= 0.3 is 0 Å². The number of nitrogens with one attached hydrogen (secondary N) is 1. The van der Waals surface area contributed by atoms with Gasteiger partial charge in [0.1, 0.15) is 0 Å². The molecule has 1 saturated carbocycles. The zero-order valence-electron chi connectivity index (χ0n) is 13.2. The molecule has 1 aromatic rings. The van der Waals surface area contributed by atoms with Crippen LogP contribution in [0.3, 0.4) is 0 Å². The lowest BCUT2D eigenvalue weighted by Crippen LogP contribution is -2.43. The molecule has 0 aromatic heterocycles. The van der Waals surface area contributed by atoms with Crippen LogP contribution in [0.1, 0.15) is 58.1 Å². The molecule has 0 atom stereocenters. The molecule has 2 nitrogen and oxygen atoms in total. The molecular weight excluding hydrogens is 244 g/mol. The van der Waals surface area contributed by atoms with Gasteiger partial charge in [0.15, 0.2) is 0 Å². The van der Waals surface area contributed by atoms with Crippen molar-refractivity contribution in [2.75, 3.05) is 0 Å². The monoisotopic (exact) mass is 270 g/mol. The van der Waals surface area contributed by atoms with Gasteiger partial charge in [-0.2, -0.15) is 5.26 Å². The zero-order chi connectivity index (χ0) is 14.8. The van der Waals surface area contributed by atoms with Crippen molar-refractivity contribution in [3.8, 4) is 6.07 Å². The van der Waals surface area contributed by atoms with Gasteiger partial charge in [-0.25, -0.2) is 0 Å². The highest BCUT2D eigenvalue weighted by Gasteiger charge is 2.38. The highest BCUT2D eigenvalue weighted by Crippen LogP contribution is 2.45. The van der Waals surface area contributed by atoms with E-state index in [1.165, 1.54) is 19.3 Å². The molecule has 1 N–H and O–H groups in total. The minimum absolute atomic E-state index is 0.397. The maximum absolute atomic E-state index is 9.14. The molecule has 2 rings (SSSR count). The normalized spacial score (nSPS) is 21.4. The maximum Gasteiger partial charge on any atom is 0.0995 e. The quantitative estimate of drug-likeness (QED) is 0.891. The number of nitrogens with zero attached hydrogens (tertiary/aromatic N) is 1. The molecule has 108 valence electrons. The van der Waals surface area contributed by atoms with Crippen LogP contribution in [-0.2, 0) is 6.54 Å². The maximum atomic E-state index is 9.14. The minimum atomic E-state index is 0.397. The van der Waals surface area contributed by atoms with Crippen molar-refractivity contribution in [1.82, 2.24) is 5.32 Å². The summed E-state index contributed by atoms with van der Waals surface area (Å²) in [6, 6.07) is 10.7. The van der Waals surface area contributed by atoms with E-state index < -0.39 is 0 Å². The van der Waals surface area contributed by atoms with Crippen LogP contribution >= 0.6 is 0 Å². The standard InChI is InChI=1S/C18H26N2/c1-17(2)9-16(10-18(3,4)13-17)20-12-15-8-6-5-7-14(15)11-19/h5-8,16,20H,9-10,12-13H2,1-4H3. The van der Waals surface area contributed by atoms with Crippen molar-refractivity contribution >= 4 is 0 Å². The van der Waals surface area contributed by atoms with Gasteiger partial charge in [0.05, 0.1) is 11.6 Å². The second-order valence-electron chi connectivity index (χ2n) is 7.76. The van der Waals surface area contributed by atoms with E-state index in [-0.39, 0.29) is 0 Å². The smallest absolute Gasteiger partial charge is 0.0995 e. The lowest BCUT2D eigenvalue weighted by Gasteiger charge is -2.45. The average Bonchev–Trinajstić information content (AvgIpc) is 2.33. The fourth-order valence-corrected chi connectivity index (χ4v) is 4.03. The molecule has 1 aliphatic carbocycles. The third kappa shape index (κ3) is 3.84. The SMILES string of the molecule is CC1(C)CC(NCc2ccccc2C#N)CC(C)(C)C1. The van der Waals surface area contributed by atoms with Crippen LogP contribution in [0.5, 0.6) is 0 Å². The third-order valence-corrected chi connectivity index (χ3v) is 4.27. The molecule has 20 heavy (non-hydrogen) atoms. The van der Waals surface area contributed by atoms with Crippen LogP contribution in [0.15, 0.2) is 24.3 Å². The van der Waals surface area contributed by atoms with E-state index in [0.29, 0.717) is 16.9 Å². The summed E-state index contributed by atoms with van der Waals surface area (Å²) in [5, 5.41) is 12.8. The highest BCUT2D eigenvalue weighted by molar-refractivity contribution is 5.37. The Morgan fingerprint density at radius 1 is 1.15 bits per heavy atom. The van der Waals surface area contributed by atoms with Gasteiger partial charge in [-0.05, 0) is 41.7 Å². The first-order valence-corrected chi connectivity index (χ1v) is 7.53. The van der Waals surface area contributed by atoms with Gasteiger partial charge in [-0.3, -0.25) is 0 Å². The summed E-state index contributed by atoms with van der Waals surface area (Å²) in [6.45, 7) is 10.3. The van der Waals surface area contributed by atoms with Crippen molar-refractivity contribution in [2.45, 2.75) is 59.5 Å². The molecule has 0 aliphatic heterocycles. The second kappa shape index (κ2) is 5.58. The largest absolute Gasteiger partial charge is 0.310 e. The van der Waals surface area contributed by atoms with Crippen molar-refractivity contribution in [2.24, 2.45) is 10.8 Å². The van der Waals surface area contributed by atoms with Crippen LogP contribution in [0, 0.1) is 22.2 Å². The fraction of sp³-hybridized carbons (Fsp3) is 0.611. The molecule has 2 heteroatoms. The van der Waals surface area contributed by atoms with E-state index in [1.54, 1.807) is 0 Å². The number of benzene rings is 1. The number of nitriles is 1. The Morgan fingerprint density at radius 3 is 2.35 bits per heavy atom. The molecule has 0 bridgehead atoms. The summed E-state index contributed by atoms with van der Waals surface area (Å²) < 4.78 is 0. The van der Waals surface area contributed by atoms with Crippen LogP contribution < -0.4 is 5.32 Å². The van der Waals surface area contributed by atoms with E-state index in [4.69, 9.17) is 5.26 Å². The van der Waals surface area contributed by atoms with Crippen molar-refractivity contribution in [3.63, 3.8) is 0 Å². The number of rotatable bonds is 3. The molecule has 0 unspecified atom stereocenters. The number of hydrogen-bond acceptors (Lipinski definition) is 2. The van der Waals surface area contributed by atoms with Gasteiger partial charge in [0, 0.05) is 12.6 Å². The third-order valence-electron chi connectivity index (χ3n) is 4.27. The van der Waals surface area contributed by atoms with E-state index in [1.807, 2.05) is 24.3 Å². The predicted molar refractivity (Wildman–Crippen MR) is 83.2 cm³/mol. The van der Waals surface area contributed by atoms with Crippen LogP contribution in [0.25, 0.3) is 0 Å². The Balaban J connectivity index is 2.02. The van der Waals surface area contributed by atoms with Crippen LogP contribution in [0.2, 0.25) is 0 Å². The van der Waals surface area contributed by atoms with E-state index >= 15 is 0 Å². The fourth-order valence-electron chi connectivity index (χ4n) is 4.03. The van der Waals surface area contributed by atoms with E-state index in [0.717, 1.165) is 17.7 Å². The Bertz CT molecular complexity index is 492. The topological polar surface area (TPSA) is 35.8 Å². The Labute approximate surface area is 123 Å². The van der Waals surface area contributed by atoms with Crippen molar-refractivity contribution in [1.29, 1.82) is 5.26 Å². The van der Waals surface area contributed by atoms with Crippen molar-refractivity contribution < 1.29 is 0 Å². The van der Waals surface area contributed by atoms with Gasteiger partial charge in [-0.1, -0.05) is 45.9 Å². The minimum Gasteiger partial charge on any atom is -0.310 e. The summed E-state index contributed by atoms with van der Waals surface area (Å²) in [5.74, 6) is 0. The first-order chi connectivity index (χ1) is 9.31. The molecule has 1 fully saturated rings. The van der Waals surface area contributed by atoms with Gasteiger partial charge < -0.3 is 5.32 Å². The number of hydrogen-bond donors (Lipinski definition) is 1. The summed E-state index contributed by atoms with van der Waals surface area (Å²) in [5.41, 5.74) is 2.69. The van der Waals surface area contributed by atoms with Crippen molar-refractivity contribution in [3.05, 3.63) is 35.4 Å². The molecular formula is C18H26N2. The molecule has 0 spiro atoms. The summed E-state index contributed by atoms with van der Waals surface area (Å²) in [4.78, 5) is 0. The molecule has 0 radical (unpaired) electrons. The summed E-state index contributed by atoms with van der Waals surface area (Å²) in [7, 11) is 0. The van der Waals surface area contributed by atoms with Crippen LogP contribution in [-0.4, -0.2) is 6.04 Å². The predicted octanol–water partition coefficient (Wildman–Crippen LogP) is 4.25. The average molecular weight is 270 g/mol. The van der Waals surface area contributed by atoms with Gasteiger partial charge in [0.25, 0.3) is 0 Å². The molecule has 0 amide bonds. The zero-order valence-corrected chi connectivity index (χ0v) is 13.2. The first-order valence-electron chi connectivity index (χ1n) is 7.53. The summed E-state index contributed by atoms with van der Waals surface area (Å²) in [6.07, 6.45) is 3.71. The second-order valence-corrected chi connectivity index (χ2v) is 7.76. The van der Waals surface area contributed by atoms with Gasteiger partial charge in [0.2, 0.25) is 0 Å². The Hall–Kier alpha value is -1.33. The Morgan fingerprint density at radius 2 is 1.75 bits per heavy atom. The molecule has 0 heterocycles. The summed E-state index contributed by atoms with van der Waals surface area (Å²) >= 11 is 0. The van der Waals surface area contributed by atoms with E-state index in [9.17, 15) is 0 Å². The van der Waals surface area contributed by atoms with E-state index in [2.05, 4.69) is 39.1 Å². The molecule has 1 aliphatic rings. The lowest BCUT2D eigenvalue weighted by molar-refractivity contribution is 0.0845. The molecule has 1 aromatic carbocycles. The van der Waals surface area contributed by atoms with Crippen LogP contribution in [0.4, 0.5) is 0 Å². The highest BCUT2D eigenvalue weighted by atomic mass is 14.9. The Kier molecular flexibility index (Phi) is 4.20. The van der Waals surface area contributed by atoms with Gasteiger partial charge in [-0.15, -0.1) is 0 Å². The first kappa shape index (κ1) is 15.1. The lowest BCUT2D eigenvalue weighted by atomic mass is 9.63.